The number of Topliss-reactive ketones (excluding diaryl/α,β-unsaturated/α-hetero) is 1. The van der Waals surface area contributed by atoms with Crippen LogP contribution in [0.1, 0.15) is 52.9 Å². The van der Waals surface area contributed by atoms with Gasteiger partial charge in [0, 0.05) is 19.8 Å². The Bertz CT molecular complexity index is 489. The standard InChI is InChI=1S/C17H28N2O5/c1-10(2)8-14(18-11(3)20)16(22)19-15(17(23)24-4)12-6-5-7-13(21)9-12/h10,12,14-15H,5-9H2,1-4H3,(H,18,20)(H,19,22)/t12-,14+,15+/m1/s1. The molecular weight excluding hydrogens is 312 g/mol. The number of ketones is 1. The molecule has 1 fully saturated rings. The van der Waals surface area contributed by atoms with Crippen molar-refractivity contribution in [2.24, 2.45) is 11.8 Å². The van der Waals surface area contributed by atoms with Gasteiger partial charge in [0.05, 0.1) is 7.11 Å². The zero-order chi connectivity index (χ0) is 18.3. The van der Waals surface area contributed by atoms with Gasteiger partial charge in [-0.2, -0.15) is 0 Å². The predicted octanol–water partition coefficient (Wildman–Crippen LogP) is 0.954. The van der Waals surface area contributed by atoms with Crippen LogP contribution in [0.15, 0.2) is 0 Å². The van der Waals surface area contributed by atoms with Gasteiger partial charge >= 0.3 is 5.97 Å². The number of nitrogens with one attached hydrogen (secondary N) is 2. The highest BCUT2D eigenvalue weighted by molar-refractivity contribution is 5.91. The van der Waals surface area contributed by atoms with Crippen LogP contribution in [0.3, 0.4) is 0 Å². The molecule has 3 atom stereocenters. The highest BCUT2D eigenvalue weighted by atomic mass is 16.5. The summed E-state index contributed by atoms with van der Waals surface area (Å²) >= 11 is 0. The monoisotopic (exact) mass is 340 g/mol. The summed E-state index contributed by atoms with van der Waals surface area (Å²) in [4.78, 5) is 47.6. The number of hydrogen-bond acceptors (Lipinski definition) is 5. The van der Waals surface area contributed by atoms with Crippen molar-refractivity contribution in [2.75, 3.05) is 7.11 Å². The molecule has 0 aromatic carbocycles. The molecule has 0 unspecified atom stereocenters. The Labute approximate surface area is 142 Å². The van der Waals surface area contributed by atoms with Gasteiger partial charge in [0.2, 0.25) is 11.8 Å². The summed E-state index contributed by atoms with van der Waals surface area (Å²) in [5, 5.41) is 5.30. The van der Waals surface area contributed by atoms with Gasteiger partial charge in [0.25, 0.3) is 0 Å². The molecule has 2 amide bonds. The van der Waals surface area contributed by atoms with E-state index in [4.69, 9.17) is 4.74 Å². The highest BCUT2D eigenvalue weighted by Gasteiger charge is 2.35. The first-order chi connectivity index (χ1) is 11.2. The molecule has 0 spiro atoms. The molecule has 1 aliphatic rings. The largest absolute Gasteiger partial charge is 0.467 e. The van der Waals surface area contributed by atoms with Crippen LogP contribution in [0.5, 0.6) is 0 Å². The Balaban J connectivity index is 2.86. The van der Waals surface area contributed by atoms with Gasteiger partial charge in [0.15, 0.2) is 0 Å². The first-order valence-electron chi connectivity index (χ1n) is 8.41. The van der Waals surface area contributed by atoms with Crippen molar-refractivity contribution < 1.29 is 23.9 Å². The van der Waals surface area contributed by atoms with Crippen LogP contribution in [-0.4, -0.2) is 42.8 Å². The summed E-state index contributed by atoms with van der Waals surface area (Å²) in [6.07, 6.45) is 2.62. The summed E-state index contributed by atoms with van der Waals surface area (Å²) in [6.45, 7) is 5.23. The van der Waals surface area contributed by atoms with E-state index in [1.165, 1.54) is 14.0 Å². The number of esters is 1. The van der Waals surface area contributed by atoms with Crippen LogP contribution in [-0.2, 0) is 23.9 Å². The lowest BCUT2D eigenvalue weighted by molar-refractivity contribution is -0.147. The highest BCUT2D eigenvalue weighted by Crippen LogP contribution is 2.25. The molecule has 0 bridgehead atoms. The number of ether oxygens (including phenoxy) is 1. The lowest BCUT2D eigenvalue weighted by Crippen LogP contribution is -2.54. The van der Waals surface area contributed by atoms with Crippen LogP contribution < -0.4 is 10.6 Å². The Morgan fingerprint density at radius 3 is 2.42 bits per heavy atom. The van der Waals surface area contributed by atoms with E-state index >= 15 is 0 Å². The van der Waals surface area contributed by atoms with Crippen molar-refractivity contribution in [3.05, 3.63) is 0 Å². The zero-order valence-electron chi connectivity index (χ0n) is 14.9. The van der Waals surface area contributed by atoms with Gasteiger partial charge in [-0.05, 0) is 31.1 Å². The summed E-state index contributed by atoms with van der Waals surface area (Å²) in [5.41, 5.74) is 0. The van der Waals surface area contributed by atoms with Gasteiger partial charge in [-0.15, -0.1) is 0 Å². The first-order valence-corrected chi connectivity index (χ1v) is 8.41. The molecule has 0 aromatic heterocycles. The smallest absolute Gasteiger partial charge is 0.328 e. The molecule has 1 aliphatic carbocycles. The molecule has 1 saturated carbocycles. The van der Waals surface area contributed by atoms with Crippen molar-refractivity contribution in [3.8, 4) is 0 Å². The van der Waals surface area contributed by atoms with E-state index in [2.05, 4.69) is 10.6 Å². The Morgan fingerprint density at radius 1 is 1.25 bits per heavy atom. The number of rotatable bonds is 7. The average molecular weight is 340 g/mol. The quantitative estimate of drug-likeness (QED) is 0.672. The van der Waals surface area contributed by atoms with E-state index in [0.29, 0.717) is 25.7 Å². The van der Waals surface area contributed by atoms with Crippen LogP contribution >= 0.6 is 0 Å². The normalized spacial score (nSPS) is 20.2. The van der Waals surface area contributed by atoms with E-state index in [0.717, 1.165) is 0 Å². The van der Waals surface area contributed by atoms with E-state index in [9.17, 15) is 19.2 Å². The third kappa shape index (κ3) is 6.29. The summed E-state index contributed by atoms with van der Waals surface area (Å²) in [5.74, 6) is -1.27. The Kier molecular flexibility index (Phi) is 7.88. The molecule has 0 radical (unpaired) electrons. The van der Waals surface area contributed by atoms with E-state index in [1.807, 2.05) is 13.8 Å². The number of carbonyl (C=O) groups excluding carboxylic acids is 4. The number of carbonyl (C=O) groups is 4. The van der Waals surface area contributed by atoms with Crippen molar-refractivity contribution in [1.82, 2.24) is 10.6 Å². The molecule has 7 nitrogen and oxygen atoms in total. The minimum absolute atomic E-state index is 0.0926. The lowest BCUT2D eigenvalue weighted by atomic mass is 9.83. The summed E-state index contributed by atoms with van der Waals surface area (Å²) in [6, 6.07) is -1.58. The molecule has 0 aliphatic heterocycles. The molecule has 0 saturated heterocycles. The maximum Gasteiger partial charge on any atom is 0.328 e. The fourth-order valence-electron chi connectivity index (χ4n) is 3.04. The molecule has 24 heavy (non-hydrogen) atoms. The predicted molar refractivity (Wildman–Crippen MR) is 88.0 cm³/mol. The topological polar surface area (TPSA) is 102 Å². The van der Waals surface area contributed by atoms with Gasteiger partial charge in [-0.3, -0.25) is 14.4 Å². The van der Waals surface area contributed by atoms with E-state index in [-0.39, 0.29) is 29.9 Å². The summed E-state index contributed by atoms with van der Waals surface area (Å²) in [7, 11) is 1.26. The van der Waals surface area contributed by atoms with Crippen LogP contribution in [0.4, 0.5) is 0 Å². The molecule has 7 heteroatoms. The van der Waals surface area contributed by atoms with Crippen molar-refractivity contribution in [2.45, 2.75) is 65.0 Å². The second kappa shape index (κ2) is 9.39. The van der Waals surface area contributed by atoms with Crippen molar-refractivity contribution in [3.63, 3.8) is 0 Å². The number of methoxy groups -OCH3 is 1. The average Bonchev–Trinajstić information content (AvgIpc) is 2.50. The van der Waals surface area contributed by atoms with E-state index < -0.39 is 24.0 Å². The molecule has 1 rings (SSSR count). The first kappa shape index (κ1) is 20.1. The summed E-state index contributed by atoms with van der Waals surface area (Å²) < 4.78 is 4.79. The molecule has 0 aromatic rings. The molecular formula is C17H28N2O5. The van der Waals surface area contributed by atoms with Gasteiger partial charge in [-0.25, -0.2) is 4.79 Å². The van der Waals surface area contributed by atoms with Crippen LogP contribution in [0.2, 0.25) is 0 Å². The molecule has 2 N–H and O–H groups in total. The molecule has 136 valence electrons. The Hall–Kier alpha value is -1.92. The SMILES string of the molecule is COC(=O)[C@@H](NC(=O)[C@H](CC(C)C)NC(C)=O)[C@@H]1CCCC(=O)C1. The lowest BCUT2D eigenvalue weighted by Gasteiger charge is -2.30. The fourth-order valence-corrected chi connectivity index (χ4v) is 3.04. The Morgan fingerprint density at radius 2 is 1.92 bits per heavy atom. The number of amides is 2. The second-order valence-corrected chi connectivity index (χ2v) is 6.79. The van der Waals surface area contributed by atoms with Crippen molar-refractivity contribution >= 4 is 23.6 Å². The molecule has 0 heterocycles. The minimum Gasteiger partial charge on any atom is -0.467 e. The van der Waals surface area contributed by atoms with Gasteiger partial charge < -0.3 is 15.4 Å². The van der Waals surface area contributed by atoms with Crippen LogP contribution in [0, 0.1) is 11.8 Å². The second-order valence-electron chi connectivity index (χ2n) is 6.79. The third-order valence-electron chi connectivity index (χ3n) is 4.15. The van der Waals surface area contributed by atoms with Crippen molar-refractivity contribution in [1.29, 1.82) is 0 Å². The van der Waals surface area contributed by atoms with Gasteiger partial charge in [-0.1, -0.05) is 13.8 Å². The maximum atomic E-state index is 12.6. The van der Waals surface area contributed by atoms with Crippen LogP contribution in [0.25, 0.3) is 0 Å². The minimum atomic E-state index is -0.866. The third-order valence-corrected chi connectivity index (χ3v) is 4.15. The fraction of sp³-hybridized carbons (Fsp3) is 0.765. The zero-order valence-corrected chi connectivity index (χ0v) is 14.9. The number of hydrogen-bond donors (Lipinski definition) is 2. The van der Waals surface area contributed by atoms with Gasteiger partial charge in [0.1, 0.15) is 17.9 Å². The van der Waals surface area contributed by atoms with E-state index in [1.54, 1.807) is 0 Å². The maximum absolute atomic E-state index is 12.6.